The molecule has 1 rings (SSSR count). The molecule has 1 aromatic rings. The van der Waals surface area contributed by atoms with E-state index in [0.29, 0.717) is 12.1 Å². The zero-order valence-electron chi connectivity index (χ0n) is 10.1. The van der Waals surface area contributed by atoms with E-state index in [1.54, 1.807) is 19.2 Å². The highest BCUT2D eigenvalue weighted by atomic mass is 16.7. The smallest absolute Gasteiger partial charge is 0.277 e. The van der Waals surface area contributed by atoms with E-state index in [-0.39, 0.29) is 5.91 Å². The quantitative estimate of drug-likeness (QED) is 0.765. The molecule has 0 fully saturated rings. The molecule has 0 spiro atoms. The molecule has 0 radical (unpaired) electrons. The predicted octanol–water partition coefficient (Wildman–Crippen LogP) is 0.743. The number of carbonyl (C=O) groups excluding carboxylic acids is 1. The molecular formula is C11H17N3O2. The van der Waals surface area contributed by atoms with Crippen molar-refractivity contribution in [3.8, 4) is 0 Å². The summed E-state index contributed by atoms with van der Waals surface area (Å²) >= 11 is 0. The molecule has 0 saturated heterocycles. The predicted molar refractivity (Wildman–Crippen MR) is 60.8 cm³/mol. The third-order valence-corrected chi connectivity index (χ3v) is 2.17. The fourth-order valence-electron chi connectivity index (χ4n) is 1.40. The van der Waals surface area contributed by atoms with E-state index in [4.69, 9.17) is 4.84 Å². The van der Waals surface area contributed by atoms with Gasteiger partial charge in [0.15, 0.2) is 0 Å². The molecule has 0 aliphatic rings. The number of hydrogen-bond donors (Lipinski definition) is 1. The number of amides is 1. The molecule has 5 nitrogen and oxygen atoms in total. The number of pyridine rings is 1. The number of nitrogens with zero attached hydrogens (tertiary/aromatic N) is 2. The second kappa shape index (κ2) is 5.58. The highest BCUT2D eigenvalue weighted by Crippen LogP contribution is 2.08. The minimum atomic E-state index is -0.176. The Morgan fingerprint density at radius 1 is 1.56 bits per heavy atom. The molecule has 1 amide bonds. The van der Waals surface area contributed by atoms with Crippen LogP contribution in [0.2, 0.25) is 0 Å². The average Bonchev–Trinajstić information content (AvgIpc) is 2.26. The van der Waals surface area contributed by atoms with Crippen molar-refractivity contribution in [1.82, 2.24) is 15.4 Å². The molecular weight excluding hydrogens is 206 g/mol. The van der Waals surface area contributed by atoms with E-state index in [2.05, 4.69) is 10.3 Å². The molecule has 1 heterocycles. The first-order chi connectivity index (χ1) is 7.58. The Kier molecular flexibility index (Phi) is 4.39. The lowest BCUT2D eigenvalue weighted by molar-refractivity contribution is -0.0757. The Labute approximate surface area is 95.4 Å². The maximum absolute atomic E-state index is 11.8. The van der Waals surface area contributed by atoms with Crippen molar-refractivity contribution in [3.05, 3.63) is 29.1 Å². The molecule has 5 heteroatoms. The zero-order chi connectivity index (χ0) is 12.1. The molecule has 88 valence electrons. The van der Waals surface area contributed by atoms with Gasteiger partial charge in [0.05, 0.1) is 12.8 Å². The van der Waals surface area contributed by atoms with Crippen molar-refractivity contribution in [2.24, 2.45) is 0 Å². The number of aryl methyl sites for hydroxylation is 1. The minimum Gasteiger partial charge on any atom is -0.314 e. The molecule has 16 heavy (non-hydrogen) atoms. The monoisotopic (exact) mass is 223 g/mol. The number of nitrogens with one attached hydrogen (secondary N) is 1. The zero-order valence-corrected chi connectivity index (χ0v) is 10.1. The van der Waals surface area contributed by atoms with Crippen LogP contribution in [0.25, 0.3) is 0 Å². The van der Waals surface area contributed by atoms with E-state index in [0.717, 1.165) is 11.4 Å². The summed E-state index contributed by atoms with van der Waals surface area (Å²) in [5.41, 5.74) is 2.25. The van der Waals surface area contributed by atoms with Crippen LogP contribution < -0.4 is 5.32 Å². The SMILES string of the molecule is CNCc1cc(C(=O)N(C)OC)cc(C)n1. The Hall–Kier alpha value is -1.46. The maximum atomic E-state index is 11.8. The van der Waals surface area contributed by atoms with Gasteiger partial charge in [-0.25, -0.2) is 5.06 Å². The minimum absolute atomic E-state index is 0.176. The van der Waals surface area contributed by atoms with Gasteiger partial charge >= 0.3 is 0 Å². The molecule has 0 unspecified atom stereocenters. The highest BCUT2D eigenvalue weighted by Gasteiger charge is 2.12. The fourth-order valence-corrected chi connectivity index (χ4v) is 1.40. The van der Waals surface area contributed by atoms with Gasteiger partial charge < -0.3 is 5.32 Å². The molecule has 0 aliphatic carbocycles. The lowest BCUT2D eigenvalue weighted by Crippen LogP contribution is -2.25. The number of rotatable bonds is 4. The van der Waals surface area contributed by atoms with E-state index in [1.165, 1.54) is 12.2 Å². The van der Waals surface area contributed by atoms with Gasteiger partial charge in [-0.15, -0.1) is 0 Å². The summed E-state index contributed by atoms with van der Waals surface area (Å²) < 4.78 is 0. The van der Waals surface area contributed by atoms with Crippen molar-refractivity contribution in [2.45, 2.75) is 13.5 Å². The highest BCUT2D eigenvalue weighted by molar-refractivity contribution is 5.93. The van der Waals surface area contributed by atoms with Gasteiger partial charge in [0, 0.05) is 24.8 Å². The summed E-state index contributed by atoms with van der Waals surface area (Å²) in [5.74, 6) is -0.176. The van der Waals surface area contributed by atoms with Gasteiger partial charge in [-0.1, -0.05) is 0 Å². The average molecular weight is 223 g/mol. The van der Waals surface area contributed by atoms with Crippen LogP contribution in [0.15, 0.2) is 12.1 Å². The maximum Gasteiger partial charge on any atom is 0.277 e. The van der Waals surface area contributed by atoms with Crippen LogP contribution in [0.1, 0.15) is 21.7 Å². The molecule has 0 aromatic carbocycles. The molecule has 0 atom stereocenters. The van der Waals surface area contributed by atoms with Crippen LogP contribution in [-0.2, 0) is 11.4 Å². The second-order valence-corrected chi connectivity index (χ2v) is 3.50. The standard InChI is InChI=1S/C11H17N3O2/c1-8-5-9(11(15)14(3)16-4)6-10(13-8)7-12-2/h5-6,12H,7H2,1-4H3. The van der Waals surface area contributed by atoms with Crippen LogP contribution in [0.4, 0.5) is 0 Å². The normalized spacial score (nSPS) is 10.2. The van der Waals surface area contributed by atoms with Crippen LogP contribution >= 0.6 is 0 Å². The molecule has 0 saturated carbocycles. The van der Waals surface area contributed by atoms with E-state index in [1.807, 2.05) is 14.0 Å². The van der Waals surface area contributed by atoms with Crippen LogP contribution in [0.5, 0.6) is 0 Å². The second-order valence-electron chi connectivity index (χ2n) is 3.50. The van der Waals surface area contributed by atoms with Gasteiger partial charge in [-0.3, -0.25) is 14.6 Å². The van der Waals surface area contributed by atoms with Gasteiger partial charge in [-0.2, -0.15) is 0 Å². The van der Waals surface area contributed by atoms with Crippen LogP contribution in [0.3, 0.4) is 0 Å². The fraction of sp³-hybridized carbons (Fsp3) is 0.455. The van der Waals surface area contributed by atoms with Crippen molar-refractivity contribution in [3.63, 3.8) is 0 Å². The van der Waals surface area contributed by atoms with Crippen molar-refractivity contribution in [2.75, 3.05) is 21.2 Å². The van der Waals surface area contributed by atoms with Crippen LogP contribution in [0, 0.1) is 6.92 Å². The number of hydrogen-bond acceptors (Lipinski definition) is 4. The van der Waals surface area contributed by atoms with Crippen LogP contribution in [-0.4, -0.2) is 37.2 Å². The van der Waals surface area contributed by atoms with E-state index >= 15 is 0 Å². The summed E-state index contributed by atoms with van der Waals surface area (Å²) in [6, 6.07) is 3.51. The Morgan fingerprint density at radius 3 is 2.81 bits per heavy atom. The summed E-state index contributed by atoms with van der Waals surface area (Å²) in [4.78, 5) is 21.0. The molecule has 1 aromatic heterocycles. The van der Waals surface area contributed by atoms with Gasteiger partial charge in [0.1, 0.15) is 0 Å². The van der Waals surface area contributed by atoms with Gasteiger partial charge in [-0.05, 0) is 26.1 Å². The van der Waals surface area contributed by atoms with E-state index < -0.39 is 0 Å². The summed E-state index contributed by atoms with van der Waals surface area (Å²) in [7, 11) is 4.88. The van der Waals surface area contributed by atoms with Gasteiger partial charge in [0.25, 0.3) is 5.91 Å². The van der Waals surface area contributed by atoms with E-state index in [9.17, 15) is 4.79 Å². The Bertz CT molecular complexity index is 379. The molecule has 1 N–H and O–H groups in total. The lowest BCUT2D eigenvalue weighted by Gasteiger charge is -2.14. The Balaban J connectivity index is 2.99. The summed E-state index contributed by atoms with van der Waals surface area (Å²) in [6.45, 7) is 2.50. The molecule has 0 bridgehead atoms. The van der Waals surface area contributed by atoms with Crippen molar-refractivity contribution in [1.29, 1.82) is 0 Å². The number of carbonyl (C=O) groups is 1. The number of aromatic nitrogens is 1. The first-order valence-electron chi connectivity index (χ1n) is 5.02. The lowest BCUT2D eigenvalue weighted by atomic mass is 10.2. The molecule has 0 aliphatic heterocycles. The largest absolute Gasteiger partial charge is 0.314 e. The van der Waals surface area contributed by atoms with Crippen molar-refractivity contribution >= 4 is 5.91 Å². The topological polar surface area (TPSA) is 54.5 Å². The first kappa shape index (κ1) is 12.6. The third-order valence-electron chi connectivity index (χ3n) is 2.17. The van der Waals surface area contributed by atoms with Crippen molar-refractivity contribution < 1.29 is 9.63 Å². The first-order valence-corrected chi connectivity index (χ1v) is 5.02. The Morgan fingerprint density at radius 2 is 2.25 bits per heavy atom. The number of hydroxylamine groups is 2. The third kappa shape index (κ3) is 3.01. The summed E-state index contributed by atoms with van der Waals surface area (Å²) in [5, 5.41) is 4.19. The summed E-state index contributed by atoms with van der Waals surface area (Å²) in [6.07, 6.45) is 0. The van der Waals surface area contributed by atoms with Gasteiger partial charge in [0.2, 0.25) is 0 Å².